The maximum atomic E-state index is 12.6. The van der Waals surface area contributed by atoms with Gasteiger partial charge in [-0.15, -0.1) is 0 Å². The number of aliphatic hydroxyl groups is 1. The van der Waals surface area contributed by atoms with Gasteiger partial charge in [0.2, 0.25) is 11.6 Å². The van der Waals surface area contributed by atoms with Crippen LogP contribution >= 0.6 is 0 Å². The third-order valence-corrected chi connectivity index (χ3v) is 2.06. The zero-order chi connectivity index (χ0) is 12.7. The summed E-state index contributed by atoms with van der Waals surface area (Å²) in [6.45, 7) is -0.492. The molecule has 0 heterocycles. The van der Waals surface area contributed by atoms with Crippen LogP contribution in [-0.2, 0) is 9.59 Å². The molecule has 0 radical (unpaired) electrons. The average Bonchev–Trinajstić information content (AvgIpc) is 2.34. The number of ether oxygens (including phenoxy) is 1. The Hall–Kier alpha value is -1.75. The Labute approximate surface area is 98.0 Å². The number of carbonyl (C=O) groups is 2. The summed E-state index contributed by atoms with van der Waals surface area (Å²) in [6.07, 6.45) is 0.281. The first kappa shape index (κ1) is 13.3. The molecule has 92 valence electrons. The molecule has 0 aliphatic carbocycles. The van der Waals surface area contributed by atoms with Gasteiger partial charge in [-0.3, -0.25) is 9.59 Å². The van der Waals surface area contributed by atoms with Crippen LogP contribution in [0, 0.1) is 5.82 Å². The highest BCUT2D eigenvalue weighted by Gasteiger charge is 2.13. The van der Waals surface area contributed by atoms with Gasteiger partial charge in [0.1, 0.15) is 11.6 Å². The minimum atomic E-state index is -0.650. The van der Waals surface area contributed by atoms with Crippen molar-refractivity contribution >= 4 is 11.6 Å². The zero-order valence-corrected chi connectivity index (χ0v) is 9.19. The molecule has 0 saturated carbocycles. The molecule has 17 heavy (non-hydrogen) atoms. The van der Waals surface area contributed by atoms with E-state index in [1.54, 1.807) is 0 Å². The lowest BCUT2D eigenvalue weighted by molar-refractivity contribution is -0.137. The summed E-state index contributed by atoms with van der Waals surface area (Å²) in [5.74, 6) is -1.29. The number of rotatable bonds is 7. The SMILES string of the molecule is O=C(CCCO)C(=O)COc1ccc(F)cc1. The van der Waals surface area contributed by atoms with Gasteiger partial charge in [-0.1, -0.05) is 0 Å². The highest BCUT2D eigenvalue weighted by molar-refractivity contribution is 6.37. The highest BCUT2D eigenvalue weighted by Crippen LogP contribution is 2.10. The first-order chi connectivity index (χ1) is 8.13. The standard InChI is InChI=1S/C12H13FO4/c13-9-3-5-10(6-4-9)17-8-12(16)11(15)2-1-7-14/h3-6,14H,1-2,7-8H2. The first-order valence-electron chi connectivity index (χ1n) is 5.18. The predicted molar refractivity (Wildman–Crippen MR) is 58.2 cm³/mol. The maximum Gasteiger partial charge on any atom is 0.235 e. The monoisotopic (exact) mass is 240 g/mol. The Bertz CT molecular complexity index is 386. The molecule has 4 nitrogen and oxygen atoms in total. The maximum absolute atomic E-state index is 12.6. The fourth-order valence-corrected chi connectivity index (χ4v) is 1.14. The molecule has 0 aromatic heterocycles. The molecule has 0 atom stereocenters. The third kappa shape index (κ3) is 4.74. The van der Waals surface area contributed by atoms with E-state index in [0.29, 0.717) is 5.75 Å². The summed E-state index contributed by atoms with van der Waals surface area (Å²) in [5.41, 5.74) is 0. The van der Waals surface area contributed by atoms with E-state index in [9.17, 15) is 14.0 Å². The molecular weight excluding hydrogens is 227 g/mol. The minimum Gasteiger partial charge on any atom is -0.485 e. The third-order valence-electron chi connectivity index (χ3n) is 2.06. The summed E-state index contributed by atoms with van der Waals surface area (Å²) >= 11 is 0. The van der Waals surface area contributed by atoms with Crippen LogP contribution < -0.4 is 4.74 Å². The molecular formula is C12H13FO4. The molecule has 1 aromatic rings. The van der Waals surface area contributed by atoms with E-state index in [-0.39, 0.29) is 26.1 Å². The molecule has 1 aromatic carbocycles. The van der Waals surface area contributed by atoms with E-state index in [1.807, 2.05) is 0 Å². The molecule has 0 unspecified atom stereocenters. The van der Waals surface area contributed by atoms with Gasteiger partial charge in [0.25, 0.3) is 0 Å². The predicted octanol–water partition coefficient (Wildman–Crippen LogP) is 1.12. The number of carbonyl (C=O) groups excluding carboxylic acids is 2. The summed E-state index contributed by atoms with van der Waals surface area (Å²) in [7, 11) is 0. The van der Waals surface area contributed by atoms with E-state index in [4.69, 9.17) is 9.84 Å². The van der Waals surface area contributed by atoms with Gasteiger partial charge in [0, 0.05) is 13.0 Å². The molecule has 1 N–H and O–H groups in total. The van der Waals surface area contributed by atoms with Crippen molar-refractivity contribution in [2.75, 3.05) is 13.2 Å². The van der Waals surface area contributed by atoms with Crippen LogP contribution in [0.3, 0.4) is 0 Å². The molecule has 0 bridgehead atoms. The van der Waals surface area contributed by atoms with Crippen molar-refractivity contribution in [1.29, 1.82) is 0 Å². The van der Waals surface area contributed by atoms with Crippen molar-refractivity contribution in [3.8, 4) is 5.75 Å². The smallest absolute Gasteiger partial charge is 0.235 e. The van der Waals surface area contributed by atoms with Crippen molar-refractivity contribution in [3.63, 3.8) is 0 Å². The van der Waals surface area contributed by atoms with E-state index < -0.39 is 17.4 Å². The van der Waals surface area contributed by atoms with Gasteiger partial charge >= 0.3 is 0 Å². The van der Waals surface area contributed by atoms with Crippen molar-refractivity contribution in [2.24, 2.45) is 0 Å². The van der Waals surface area contributed by atoms with Crippen molar-refractivity contribution < 1.29 is 23.8 Å². The van der Waals surface area contributed by atoms with E-state index in [1.165, 1.54) is 24.3 Å². The van der Waals surface area contributed by atoms with E-state index in [0.717, 1.165) is 0 Å². The topological polar surface area (TPSA) is 63.6 Å². The molecule has 0 saturated heterocycles. The molecule has 0 amide bonds. The lowest BCUT2D eigenvalue weighted by Crippen LogP contribution is -2.21. The molecule has 5 heteroatoms. The highest BCUT2D eigenvalue weighted by atomic mass is 19.1. The largest absolute Gasteiger partial charge is 0.485 e. The van der Waals surface area contributed by atoms with Crippen LogP contribution in [0.15, 0.2) is 24.3 Å². The Kier molecular flexibility index (Phi) is 5.29. The zero-order valence-electron chi connectivity index (χ0n) is 9.19. The van der Waals surface area contributed by atoms with Crippen LogP contribution in [0.1, 0.15) is 12.8 Å². The van der Waals surface area contributed by atoms with E-state index in [2.05, 4.69) is 0 Å². The van der Waals surface area contributed by atoms with Crippen molar-refractivity contribution in [2.45, 2.75) is 12.8 Å². The first-order valence-corrected chi connectivity index (χ1v) is 5.18. The Balaban J connectivity index is 2.37. The van der Waals surface area contributed by atoms with Crippen LogP contribution in [0.5, 0.6) is 5.75 Å². The van der Waals surface area contributed by atoms with Gasteiger partial charge in [0.05, 0.1) is 0 Å². The summed E-state index contributed by atoms with van der Waals surface area (Å²) in [6, 6.07) is 5.16. The van der Waals surface area contributed by atoms with Gasteiger partial charge in [-0.2, -0.15) is 0 Å². The molecule has 0 spiro atoms. The van der Waals surface area contributed by atoms with Crippen LogP contribution in [0.25, 0.3) is 0 Å². The van der Waals surface area contributed by atoms with Crippen LogP contribution in [0.2, 0.25) is 0 Å². The van der Waals surface area contributed by atoms with Crippen molar-refractivity contribution in [1.82, 2.24) is 0 Å². The Morgan fingerprint density at radius 3 is 2.41 bits per heavy atom. The number of halogens is 1. The van der Waals surface area contributed by atoms with E-state index >= 15 is 0 Å². The van der Waals surface area contributed by atoms with Crippen LogP contribution in [-0.4, -0.2) is 29.9 Å². The molecule has 0 aliphatic heterocycles. The van der Waals surface area contributed by atoms with Crippen LogP contribution in [0.4, 0.5) is 4.39 Å². The normalized spacial score (nSPS) is 10.0. The summed E-state index contributed by atoms with van der Waals surface area (Å²) < 4.78 is 17.6. The fraction of sp³-hybridized carbons (Fsp3) is 0.333. The van der Waals surface area contributed by atoms with Gasteiger partial charge in [-0.05, 0) is 30.7 Å². The number of Topliss-reactive ketones (excluding diaryl/α,β-unsaturated/α-hetero) is 2. The lowest BCUT2D eigenvalue weighted by atomic mass is 10.1. The number of hydrogen-bond acceptors (Lipinski definition) is 4. The Morgan fingerprint density at radius 2 is 1.82 bits per heavy atom. The van der Waals surface area contributed by atoms with Gasteiger partial charge in [-0.25, -0.2) is 4.39 Å². The molecule has 0 aliphatic rings. The van der Waals surface area contributed by atoms with Crippen molar-refractivity contribution in [3.05, 3.63) is 30.1 Å². The van der Waals surface area contributed by atoms with Gasteiger partial charge < -0.3 is 9.84 Å². The Morgan fingerprint density at radius 1 is 1.18 bits per heavy atom. The second-order valence-electron chi connectivity index (χ2n) is 3.42. The lowest BCUT2D eigenvalue weighted by Gasteiger charge is -2.04. The summed E-state index contributed by atoms with van der Waals surface area (Å²) in [4.78, 5) is 22.4. The number of benzene rings is 1. The number of ketones is 2. The number of hydrogen-bond donors (Lipinski definition) is 1. The number of aliphatic hydroxyl groups excluding tert-OH is 1. The fourth-order valence-electron chi connectivity index (χ4n) is 1.14. The second kappa shape index (κ2) is 6.75. The minimum absolute atomic E-state index is 0.0160. The summed E-state index contributed by atoms with van der Waals surface area (Å²) in [5, 5.41) is 8.50. The second-order valence-corrected chi connectivity index (χ2v) is 3.42. The average molecular weight is 240 g/mol. The quantitative estimate of drug-likeness (QED) is 0.725. The molecule has 0 fully saturated rings. The van der Waals surface area contributed by atoms with Gasteiger partial charge in [0.15, 0.2) is 6.61 Å². The molecule has 1 rings (SSSR count).